The average Bonchev–Trinajstić information content (AvgIpc) is 3.09. The fourth-order valence-corrected chi connectivity index (χ4v) is 3.63. The second kappa shape index (κ2) is 7.43. The van der Waals surface area contributed by atoms with Gasteiger partial charge in [-0.15, -0.1) is 0 Å². The highest BCUT2D eigenvalue weighted by molar-refractivity contribution is 5.98. The van der Waals surface area contributed by atoms with E-state index in [0.717, 1.165) is 5.56 Å². The molecule has 1 fully saturated rings. The number of hydrogen-bond acceptors (Lipinski definition) is 4. The molecule has 0 bridgehead atoms. The van der Waals surface area contributed by atoms with Gasteiger partial charge in [0.2, 0.25) is 11.8 Å². The van der Waals surface area contributed by atoms with Crippen molar-refractivity contribution in [2.24, 2.45) is 0 Å². The Bertz CT molecular complexity index is 1020. The van der Waals surface area contributed by atoms with Crippen LogP contribution in [0.1, 0.15) is 11.1 Å². The van der Waals surface area contributed by atoms with E-state index >= 15 is 0 Å². The van der Waals surface area contributed by atoms with Crippen molar-refractivity contribution in [3.05, 3.63) is 71.1 Å². The number of H-pyrrole nitrogens is 1. The van der Waals surface area contributed by atoms with Crippen molar-refractivity contribution in [2.45, 2.75) is 24.9 Å². The molecule has 144 valence electrons. The van der Waals surface area contributed by atoms with Crippen molar-refractivity contribution in [3.8, 4) is 0 Å². The average molecular weight is 380 g/mol. The molecule has 2 amide bonds. The lowest BCUT2D eigenvalue weighted by molar-refractivity contribution is -0.990. The van der Waals surface area contributed by atoms with Gasteiger partial charge >= 0.3 is 0 Å². The smallest absolute Gasteiger partial charge is 0.243 e. The Labute approximate surface area is 160 Å². The number of hydrogen-bond donors (Lipinski definition) is 5. The van der Waals surface area contributed by atoms with E-state index in [1.54, 1.807) is 18.3 Å². The first-order valence-electron chi connectivity index (χ1n) is 9.00. The minimum absolute atomic E-state index is 0.165. The lowest BCUT2D eigenvalue weighted by Gasteiger charge is -2.29. The molecule has 5 N–H and O–H groups in total. The number of benzene rings is 2. The number of quaternary nitrogens is 1. The number of aromatic amines is 1. The lowest BCUT2D eigenvalue weighted by Crippen LogP contribution is -2.99. The van der Waals surface area contributed by atoms with Gasteiger partial charge in [-0.3, -0.25) is 9.59 Å². The molecule has 2 aromatic carbocycles. The summed E-state index contributed by atoms with van der Waals surface area (Å²) in [5.41, 5.74) is 2.48. The van der Waals surface area contributed by atoms with Crippen LogP contribution >= 0.6 is 0 Å². The Kier molecular flexibility index (Phi) is 4.82. The fraction of sp³-hybridized carbons (Fsp3) is 0.200. The Hall–Kier alpha value is -3.20. The summed E-state index contributed by atoms with van der Waals surface area (Å²) in [5, 5.41) is 26.0. The van der Waals surface area contributed by atoms with Crippen LogP contribution in [0.4, 0.5) is 5.69 Å². The number of amides is 2. The van der Waals surface area contributed by atoms with E-state index in [0.29, 0.717) is 22.9 Å². The highest BCUT2D eigenvalue weighted by Gasteiger charge is 2.34. The van der Waals surface area contributed by atoms with E-state index in [-0.39, 0.29) is 23.9 Å². The third kappa shape index (κ3) is 3.48. The third-order valence-corrected chi connectivity index (χ3v) is 4.99. The summed E-state index contributed by atoms with van der Waals surface area (Å²) < 4.78 is 0. The maximum Gasteiger partial charge on any atom is 0.243 e. The molecule has 3 aromatic rings. The first kappa shape index (κ1) is 18.2. The minimum atomic E-state index is -1.04. The zero-order valence-corrected chi connectivity index (χ0v) is 14.9. The molecule has 1 aromatic heterocycles. The van der Waals surface area contributed by atoms with Crippen molar-refractivity contribution >= 4 is 28.4 Å². The minimum Gasteiger partial charge on any atom is -0.595 e. The van der Waals surface area contributed by atoms with Crippen LogP contribution < -0.4 is 15.9 Å². The SMILES string of the molecule is O=C1NC(Cc2c[nH]c3cccc([NH+]([O-])O)c23)C(=O)NC1Cc1ccccc1. The van der Waals surface area contributed by atoms with Gasteiger partial charge in [-0.25, -0.2) is 5.21 Å². The fourth-order valence-electron chi connectivity index (χ4n) is 3.63. The van der Waals surface area contributed by atoms with Gasteiger partial charge in [0, 0.05) is 25.1 Å². The van der Waals surface area contributed by atoms with Crippen molar-refractivity contribution in [2.75, 3.05) is 0 Å². The van der Waals surface area contributed by atoms with Crippen LogP contribution in [-0.2, 0) is 22.4 Å². The summed E-state index contributed by atoms with van der Waals surface area (Å²) >= 11 is 0. The van der Waals surface area contributed by atoms with Crippen LogP contribution in [-0.4, -0.2) is 34.1 Å². The number of fused-ring (bicyclic) bond motifs is 1. The van der Waals surface area contributed by atoms with Gasteiger partial charge < -0.3 is 20.8 Å². The monoisotopic (exact) mass is 380 g/mol. The van der Waals surface area contributed by atoms with Crippen LogP contribution in [0.5, 0.6) is 0 Å². The van der Waals surface area contributed by atoms with Crippen molar-refractivity contribution in [3.63, 3.8) is 0 Å². The second-order valence-electron chi connectivity index (χ2n) is 6.86. The summed E-state index contributed by atoms with van der Waals surface area (Å²) in [6, 6.07) is 13.1. The van der Waals surface area contributed by atoms with Gasteiger partial charge in [-0.2, -0.15) is 5.23 Å². The highest BCUT2D eigenvalue weighted by atomic mass is 16.8. The first-order chi connectivity index (χ1) is 13.5. The van der Waals surface area contributed by atoms with Gasteiger partial charge in [-0.1, -0.05) is 36.4 Å². The molecular formula is C20H20N4O4. The maximum atomic E-state index is 12.6. The highest BCUT2D eigenvalue weighted by Crippen LogP contribution is 2.25. The summed E-state index contributed by atoms with van der Waals surface area (Å²) in [6.07, 6.45) is 2.31. The number of piperazine rings is 1. The predicted octanol–water partition coefficient (Wildman–Crippen LogP) is 0.340. The second-order valence-corrected chi connectivity index (χ2v) is 6.86. The van der Waals surface area contributed by atoms with Gasteiger partial charge in [0.15, 0.2) is 5.69 Å². The predicted molar refractivity (Wildman–Crippen MR) is 102 cm³/mol. The van der Waals surface area contributed by atoms with Crippen molar-refractivity contribution < 1.29 is 20.0 Å². The summed E-state index contributed by atoms with van der Waals surface area (Å²) in [4.78, 5) is 28.1. The number of carbonyl (C=O) groups is 2. The molecule has 1 aliphatic heterocycles. The third-order valence-electron chi connectivity index (χ3n) is 4.99. The molecule has 8 heteroatoms. The number of rotatable bonds is 5. The molecule has 0 radical (unpaired) electrons. The van der Waals surface area contributed by atoms with E-state index in [9.17, 15) is 20.0 Å². The molecule has 0 aliphatic carbocycles. The molecule has 3 unspecified atom stereocenters. The Morgan fingerprint density at radius 1 is 0.929 bits per heavy atom. The van der Waals surface area contributed by atoms with Gasteiger partial charge in [0.1, 0.15) is 12.1 Å². The van der Waals surface area contributed by atoms with Crippen LogP contribution in [0.3, 0.4) is 0 Å². The summed E-state index contributed by atoms with van der Waals surface area (Å²) in [6.45, 7) is 0. The van der Waals surface area contributed by atoms with Gasteiger partial charge in [0.05, 0.1) is 10.9 Å². The van der Waals surface area contributed by atoms with Gasteiger partial charge in [-0.05, 0) is 17.2 Å². The van der Waals surface area contributed by atoms with Crippen molar-refractivity contribution in [1.29, 1.82) is 0 Å². The zero-order valence-electron chi connectivity index (χ0n) is 14.9. The normalized spacial score (nSPS) is 20.6. The van der Waals surface area contributed by atoms with Crippen LogP contribution in [0.25, 0.3) is 10.9 Å². The van der Waals surface area contributed by atoms with E-state index < -0.39 is 17.3 Å². The number of carbonyl (C=O) groups excluding carboxylic acids is 2. The lowest BCUT2D eigenvalue weighted by atomic mass is 9.98. The zero-order chi connectivity index (χ0) is 19.7. The molecule has 0 saturated carbocycles. The quantitative estimate of drug-likeness (QED) is 0.410. The molecule has 3 atom stereocenters. The number of nitrogens with one attached hydrogen (secondary N) is 4. The molecule has 8 nitrogen and oxygen atoms in total. The topological polar surface area (TPSA) is 122 Å². The van der Waals surface area contributed by atoms with Crippen molar-refractivity contribution in [1.82, 2.24) is 15.6 Å². The standard InChI is InChI=1S/C20H20N4O4/c25-19-15(9-12-5-2-1-3-6-12)22-20(26)16(23-19)10-13-11-21-14-7-4-8-17(18(13)14)24(27)28/h1-8,11,15-16,21,24,27H,9-10H2,(H,22,26)(H,23,25). The molecule has 0 spiro atoms. The van der Waals surface area contributed by atoms with Crippen LogP contribution in [0.15, 0.2) is 54.7 Å². The molecule has 4 rings (SSSR count). The van der Waals surface area contributed by atoms with E-state index in [2.05, 4.69) is 15.6 Å². The molecule has 1 saturated heterocycles. The van der Waals surface area contributed by atoms with E-state index in [4.69, 9.17) is 0 Å². The Morgan fingerprint density at radius 2 is 1.61 bits per heavy atom. The van der Waals surface area contributed by atoms with Crippen LogP contribution in [0.2, 0.25) is 0 Å². The summed E-state index contributed by atoms with van der Waals surface area (Å²) in [7, 11) is 0. The van der Waals surface area contributed by atoms with E-state index in [1.165, 1.54) is 6.07 Å². The van der Waals surface area contributed by atoms with Gasteiger partial charge in [0.25, 0.3) is 0 Å². The maximum absolute atomic E-state index is 12.6. The molecule has 2 heterocycles. The molecule has 1 aliphatic rings. The largest absolute Gasteiger partial charge is 0.595 e. The Morgan fingerprint density at radius 3 is 2.29 bits per heavy atom. The number of aromatic nitrogens is 1. The van der Waals surface area contributed by atoms with Crippen LogP contribution in [0, 0.1) is 5.21 Å². The molecule has 28 heavy (non-hydrogen) atoms. The molecular weight excluding hydrogens is 360 g/mol. The summed E-state index contributed by atoms with van der Waals surface area (Å²) in [5.74, 6) is -0.519. The first-order valence-corrected chi connectivity index (χ1v) is 9.00. The Balaban J connectivity index is 1.52. The van der Waals surface area contributed by atoms with E-state index in [1.807, 2.05) is 30.3 Å².